The minimum atomic E-state index is 0.0135. The van der Waals surface area contributed by atoms with Crippen LogP contribution >= 0.6 is 0 Å². The van der Waals surface area contributed by atoms with Crippen molar-refractivity contribution in [2.75, 3.05) is 13.7 Å². The summed E-state index contributed by atoms with van der Waals surface area (Å²) in [5.74, 6) is 1.73. The first-order valence-corrected chi connectivity index (χ1v) is 5.48. The van der Waals surface area contributed by atoms with Gasteiger partial charge in [-0.05, 0) is 26.1 Å². The van der Waals surface area contributed by atoms with Crippen molar-refractivity contribution in [1.29, 1.82) is 0 Å². The van der Waals surface area contributed by atoms with Crippen molar-refractivity contribution in [3.05, 3.63) is 36.4 Å². The molecule has 0 bridgehead atoms. The van der Waals surface area contributed by atoms with Crippen molar-refractivity contribution >= 4 is 0 Å². The first kappa shape index (κ1) is 11.0. The number of hydrogen-bond acceptors (Lipinski definition) is 3. The normalized spacial score (nSPS) is 19.8. The Morgan fingerprint density at radius 1 is 1.62 bits per heavy atom. The van der Waals surface area contributed by atoms with Crippen molar-refractivity contribution in [1.82, 2.24) is 5.32 Å². The van der Waals surface area contributed by atoms with Crippen molar-refractivity contribution in [2.24, 2.45) is 0 Å². The molecule has 2 unspecified atom stereocenters. The van der Waals surface area contributed by atoms with E-state index in [1.165, 1.54) is 5.56 Å². The maximum absolute atomic E-state index is 5.64. The average Bonchev–Trinajstić information content (AvgIpc) is 2.71. The molecule has 0 fully saturated rings. The van der Waals surface area contributed by atoms with Crippen LogP contribution in [-0.2, 0) is 0 Å². The van der Waals surface area contributed by atoms with Gasteiger partial charge in [0, 0.05) is 11.6 Å². The lowest BCUT2D eigenvalue weighted by molar-refractivity contribution is 0.267. The number of rotatable bonds is 4. The third kappa shape index (κ3) is 2.04. The summed E-state index contributed by atoms with van der Waals surface area (Å²) in [6.07, 6.45) is 1.78. The zero-order valence-corrected chi connectivity index (χ0v) is 9.69. The number of benzene rings is 1. The summed E-state index contributed by atoms with van der Waals surface area (Å²) in [7, 11) is 1.94. The molecule has 2 rings (SSSR count). The number of fused-ring (bicyclic) bond motifs is 1. The summed E-state index contributed by atoms with van der Waals surface area (Å²) in [5.41, 5.74) is 1.20. The lowest BCUT2D eigenvalue weighted by Gasteiger charge is -2.11. The maximum Gasteiger partial charge on any atom is 0.128 e. The number of ether oxygens (including phenoxy) is 2. The predicted octanol–water partition coefficient (Wildman–Crippen LogP) is 2.29. The topological polar surface area (TPSA) is 30.5 Å². The second-order valence-corrected chi connectivity index (χ2v) is 3.91. The highest BCUT2D eigenvalue weighted by Crippen LogP contribution is 2.35. The van der Waals surface area contributed by atoms with Gasteiger partial charge in [0.25, 0.3) is 0 Å². The zero-order valence-electron chi connectivity index (χ0n) is 9.69. The molecular formula is C13H17NO2. The zero-order chi connectivity index (χ0) is 11.5. The molecule has 0 aromatic heterocycles. The molecule has 0 saturated carbocycles. The molecule has 0 spiro atoms. The third-order valence-electron chi connectivity index (χ3n) is 2.77. The van der Waals surface area contributed by atoms with Gasteiger partial charge in [0.15, 0.2) is 0 Å². The van der Waals surface area contributed by atoms with Crippen LogP contribution in [0.25, 0.3) is 0 Å². The van der Waals surface area contributed by atoms with Crippen molar-refractivity contribution < 1.29 is 9.47 Å². The van der Waals surface area contributed by atoms with Gasteiger partial charge >= 0.3 is 0 Å². The molecule has 0 saturated heterocycles. The Hall–Kier alpha value is -1.48. The van der Waals surface area contributed by atoms with Crippen LogP contribution in [0.5, 0.6) is 11.5 Å². The monoisotopic (exact) mass is 219 g/mol. The van der Waals surface area contributed by atoms with Crippen LogP contribution in [-0.4, -0.2) is 19.8 Å². The summed E-state index contributed by atoms with van der Waals surface area (Å²) in [5, 5.41) is 3.21. The van der Waals surface area contributed by atoms with E-state index in [9.17, 15) is 0 Å². The highest BCUT2D eigenvalue weighted by Gasteiger charge is 2.22. The van der Waals surface area contributed by atoms with Crippen molar-refractivity contribution in [3.63, 3.8) is 0 Å². The van der Waals surface area contributed by atoms with Crippen LogP contribution in [0.15, 0.2) is 30.9 Å². The van der Waals surface area contributed by atoms with Gasteiger partial charge in [0.1, 0.15) is 24.2 Å². The molecule has 0 aliphatic carbocycles. The van der Waals surface area contributed by atoms with E-state index in [1.807, 2.05) is 26.1 Å². The molecule has 1 aromatic rings. The second-order valence-electron chi connectivity index (χ2n) is 3.91. The molecule has 1 aromatic carbocycles. The summed E-state index contributed by atoms with van der Waals surface area (Å²) in [4.78, 5) is 0. The maximum atomic E-state index is 5.64. The van der Waals surface area contributed by atoms with E-state index < -0.39 is 0 Å². The molecule has 1 N–H and O–H groups in total. The number of nitrogens with one attached hydrogen (secondary N) is 1. The fourth-order valence-corrected chi connectivity index (χ4v) is 1.77. The predicted molar refractivity (Wildman–Crippen MR) is 64.0 cm³/mol. The Morgan fingerprint density at radius 3 is 3.12 bits per heavy atom. The second kappa shape index (κ2) is 4.58. The molecule has 16 heavy (non-hydrogen) atoms. The third-order valence-corrected chi connectivity index (χ3v) is 2.77. The minimum Gasteiger partial charge on any atom is -0.491 e. The highest BCUT2D eigenvalue weighted by molar-refractivity contribution is 5.45. The summed E-state index contributed by atoms with van der Waals surface area (Å²) in [6.45, 7) is 6.33. The molecular weight excluding hydrogens is 202 g/mol. The fourth-order valence-electron chi connectivity index (χ4n) is 1.77. The quantitative estimate of drug-likeness (QED) is 0.788. The van der Waals surface area contributed by atoms with Gasteiger partial charge in [-0.3, -0.25) is 0 Å². The van der Waals surface area contributed by atoms with Gasteiger partial charge in [0.2, 0.25) is 0 Å². The van der Waals surface area contributed by atoms with Crippen molar-refractivity contribution in [3.8, 4) is 11.5 Å². The van der Waals surface area contributed by atoms with Crippen LogP contribution < -0.4 is 14.8 Å². The van der Waals surface area contributed by atoms with E-state index in [0.717, 1.165) is 11.5 Å². The summed E-state index contributed by atoms with van der Waals surface area (Å²) in [6, 6.07) is 6.25. The van der Waals surface area contributed by atoms with Crippen LogP contribution in [0.1, 0.15) is 18.5 Å². The van der Waals surface area contributed by atoms with E-state index >= 15 is 0 Å². The lowest BCUT2D eigenvalue weighted by Crippen LogP contribution is -2.17. The summed E-state index contributed by atoms with van der Waals surface area (Å²) >= 11 is 0. The van der Waals surface area contributed by atoms with E-state index in [4.69, 9.17) is 9.47 Å². The van der Waals surface area contributed by atoms with E-state index in [2.05, 4.69) is 18.0 Å². The van der Waals surface area contributed by atoms with Crippen molar-refractivity contribution in [2.45, 2.75) is 19.1 Å². The summed E-state index contributed by atoms with van der Waals surface area (Å²) < 4.78 is 11.2. The molecule has 1 aliphatic heterocycles. The largest absolute Gasteiger partial charge is 0.491 e. The van der Waals surface area contributed by atoms with Gasteiger partial charge in [-0.15, -0.1) is 0 Å². The Balaban J connectivity index is 2.18. The van der Waals surface area contributed by atoms with Gasteiger partial charge in [0.05, 0.1) is 6.04 Å². The van der Waals surface area contributed by atoms with E-state index in [0.29, 0.717) is 12.6 Å². The van der Waals surface area contributed by atoms with Gasteiger partial charge in [-0.1, -0.05) is 12.7 Å². The van der Waals surface area contributed by atoms with Crippen LogP contribution in [0, 0.1) is 0 Å². The number of hydrogen-bond donors (Lipinski definition) is 1. The first-order chi connectivity index (χ1) is 7.74. The molecule has 2 atom stereocenters. The molecule has 3 nitrogen and oxygen atoms in total. The van der Waals surface area contributed by atoms with E-state index in [-0.39, 0.29) is 6.10 Å². The Kier molecular flexibility index (Phi) is 3.15. The van der Waals surface area contributed by atoms with Gasteiger partial charge in [-0.2, -0.15) is 0 Å². The SMILES string of the molecule is C=CC(C)Oc1ccc2c(c1)OCC2NC. The van der Waals surface area contributed by atoms with E-state index in [1.54, 1.807) is 6.08 Å². The first-order valence-electron chi connectivity index (χ1n) is 5.48. The molecule has 86 valence electrons. The molecule has 3 heteroatoms. The van der Waals surface area contributed by atoms with Gasteiger partial charge < -0.3 is 14.8 Å². The highest BCUT2D eigenvalue weighted by atomic mass is 16.5. The van der Waals surface area contributed by atoms with Crippen LogP contribution in [0.2, 0.25) is 0 Å². The van der Waals surface area contributed by atoms with Gasteiger partial charge in [-0.25, -0.2) is 0 Å². The number of likely N-dealkylation sites (N-methyl/N-ethyl adjacent to an activating group) is 1. The minimum absolute atomic E-state index is 0.0135. The van der Waals surface area contributed by atoms with Crippen LogP contribution in [0.3, 0.4) is 0 Å². The average molecular weight is 219 g/mol. The lowest BCUT2D eigenvalue weighted by atomic mass is 10.1. The fraction of sp³-hybridized carbons (Fsp3) is 0.385. The Labute approximate surface area is 96.1 Å². The molecule has 1 aliphatic rings. The molecule has 0 amide bonds. The molecule has 1 heterocycles. The molecule has 0 radical (unpaired) electrons. The Morgan fingerprint density at radius 2 is 2.44 bits per heavy atom. The standard InChI is InChI=1S/C13H17NO2/c1-4-9(2)16-10-5-6-11-12(14-3)8-15-13(11)7-10/h4-7,9,12,14H,1,8H2,2-3H3. The smallest absolute Gasteiger partial charge is 0.128 e. The van der Waals surface area contributed by atoms with Crippen LogP contribution in [0.4, 0.5) is 0 Å². The Bertz CT molecular complexity index is 390.